The van der Waals surface area contributed by atoms with Crippen LogP contribution in [0, 0.1) is 0 Å². The van der Waals surface area contributed by atoms with Gasteiger partial charge in [-0.25, -0.2) is 0 Å². The van der Waals surface area contributed by atoms with Crippen molar-refractivity contribution < 1.29 is 13.9 Å². The third kappa shape index (κ3) is 3.68. The first-order valence-electron chi connectivity index (χ1n) is 15.2. The quantitative estimate of drug-likeness (QED) is 0.197. The van der Waals surface area contributed by atoms with Crippen LogP contribution in [0.5, 0.6) is 23.0 Å². The van der Waals surface area contributed by atoms with E-state index in [4.69, 9.17) is 13.9 Å². The monoisotopic (exact) mass is 577 g/mol. The molecule has 8 aromatic rings. The van der Waals surface area contributed by atoms with E-state index in [2.05, 4.69) is 108 Å². The summed E-state index contributed by atoms with van der Waals surface area (Å²) in [4.78, 5) is 2.28. The molecule has 0 spiro atoms. The molecule has 0 aliphatic carbocycles. The van der Waals surface area contributed by atoms with Crippen LogP contribution in [0.25, 0.3) is 32.7 Å². The normalized spacial score (nSPS) is 12.8. The van der Waals surface area contributed by atoms with Crippen LogP contribution in [0.1, 0.15) is 0 Å². The van der Waals surface area contributed by atoms with Crippen molar-refractivity contribution in [2.45, 2.75) is 0 Å². The number of hydrogen-bond acceptors (Lipinski definition) is 4. The maximum atomic E-state index is 6.61. The van der Waals surface area contributed by atoms with Gasteiger partial charge in [-0.15, -0.1) is 0 Å². The Hall–Kier alpha value is -5.94. The average Bonchev–Trinajstić information content (AvgIpc) is 3.43. The summed E-state index contributed by atoms with van der Waals surface area (Å²) in [5.41, 5.74) is 8.30. The molecule has 0 N–H and O–H groups in total. The molecule has 3 heterocycles. The first-order valence-corrected chi connectivity index (χ1v) is 15.2. The number of furan rings is 1. The third-order valence-corrected chi connectivity index (χ3v) is 9.13. The van der Waals surface area contributed by atoms with E-state index in [-0.39, 0.29) is 6.71 Å². The minimum atomic E-state index is 0.00565. The molecule has 10 rings (SSSR count). The molecule has 0 bridgehead atoms. The number of para-hydroxylation sites is 3. The van der Waals surface area contributed by atoms with Crippen LogP contribution < -0.4 is 30.8 Å². The second-order valence-electron chi connectivity index (χ2n) is 11.7. The topological polar surface area (TPSA) is 34.8 Å². The fourth-order valence-corrected chi connectivity index (χ4v) is 7.12. The van der Waals surface area contributed by atoms with Gasteiger partial charge in [0.25, 0.3) is 6.71 Å². The standard InChI is InChI=1S/C40H24BNO3/c1-3-10-27(11-4-1)42(28-12-5-2-6-13-28)29-19-18-25-21-30-31-23-39-33(24-38(31)45-37(30)22-26(25)20-29)41-32-14-7-8-15-34(32)43-35-16-9-17-36(44-39)40(35)41/h1-24H. The number of hydrogen-bond donors (Lipinski definition) is 0. The highest BCUT2D eigenvalue weighted by Gasteiger charge is 2.40. The van der Waals surface area contributed by atoms with Crippen LogP contribution in [0.3, 0.4) is 0 Å². The van der Waals surface area contributed by atoms with Gasteiger partial charge in [0.2, 0.25) is 0 Å². The van der Waals surface area contributed by atoms with E-state index in [1.54, 1.807) is 0 Å². The van der Waals surface area contributed by atoms with Gasteiger partial charge < -0.3 is 18.8 Å². The molecule has 0 fully saturated rings. The van der Waals surface area contributed by atoms with Crippen molar-refractivity contribution in [2.24, 2.45) is 0 Å². The zero-order chi connectivity index (χ0) is 29.5. The first-order chi connectivity index (χ1) is 22.3. The highest BCUT2D eigenvalue weighted by atomic mass is 16.5. The maximum absolute atomic E-state index is 6.61. The van der Waals surface area contributed by atoms with Crippen LogP contribution in [-0.4, -0.2) is 6.71 Å². The van der Waals surface area contributed by atoms with Crippen molar-refractivity contribution in [1.82, 2.24) is 0 Å². The average molecular weight is 577 g/mol. The predicted molar refractivity (Wildman–Crippen MR) is 184 cm³/mol. The Balaban J connectivity index is 1.14. The summed E-state index contributed by atoms with van der Waals surface area (Å²) < 4.78 is 19.5. The van der Waals surface area contributed by atoms with Crippen molar-refractivity contribution in [3.8, 4) is 23.0 Å². The molecule has 0 saturated carbocycles. The molecule has 1 aromatic heterocycles. The van der Waals surface area contributed by atoms with E-state index >= 15 is 0 Å². The zero-order valence-electron chi connectivity index (χ0n) is 24.1. The molecule has 0 unspecified atom stereocenters. The molecule has 0 atom stereocenters. The molecule has 45 heavy (non-hydrogen) atoms. The number of rotatable bonds is 3. The Morgan fingerprint density at radius 3 is 1.84 bits per heavy atom. The Morgan fingerprint density at radius 1 is 0.422 bits per heavy atom. The lowest BCUT2D eigenvalue weighted by Crippen LogP contribution is -2.57. The molecule has 2 aliphatic heterocycles. The van der Waals surface area contributed by atoms with Gasteiger partial charge in [-0.1, -0.05) is 66.7 Å². The SMILES string of the molecule is c1ccc(N(c2ccccc2)c2ccc3cc4c(cc3c2)oc2cc3c(cc24)Oc2cccc4c2B3c2ccccc2O4)cc1. The van der Waals surface area contributed by atoms with Crippen LogP contribution in [0.15, 0.2) is 150 Å². The van der Waals surface area contributed by atoms with Crippen LogP contribution in [0.4, 0.5) is 17.1 Å². The molecule has 210 valence electrons. The summed E-state index contributed by atoms with van der Waals surface area (Å²) in [5.74, 6) is 3.42. The molecule has 0 saturated heterocycles. The summed E-state index contributed by atoms with van der Waals surface area (Å²) in [7, 11) is 0. The second-order valence-corrected chi connectivity index (χ2v) is 11.7. The van der Waals surface area contributed by atoms with Crippen LogP contribution in [0.2, 0.25) is 0 Å². The number of nitrogens with zero attached hydrogens (tertiary/aromatic N) is 1. The smallest absolute Gasteiger partial charge is 0.260 e. The number of benzene rings is 7. The summed E-state index contributed by atoms with van der Waals surface area (Å²) in [6.45, 7) is 0.00565. The minimum Gasteiger partial charge on any atom is -0.458 e. The van der Waals surface area contributed by atoms with E-state index in [9.17, 15) is 0 Å². The molecular formula is C40H24BNO3. The van der Waals surface area contributed by atoms with E-state index in [0.29, 0.717) is 0 Å². The summed E-state index contributed by atoms with van der Waals surface area (Å²) in [6.07, 6.45) is 0. The number of anilines is 3. The minimum absolute atomic E-state index is 0.00565. The van der Waals surface area contributed by atoms with Gasteiger partial charge in [-0.2, -0.15) is 0 Å². The lowest BCUT2D eigenvalue weighted by atomic mass is 9.35. The third-order valence-electron chi connectivity index (χ3n) is 9.13. The Bertz CT molecular complexity index is 2410. The molecule has 0 radical (unpaired) electrons. The van der Waals surface area contributed by atoms with Gasteiger partial charge in [-0.05, 0) is 101 Å². The van der Waals surface area contributed by atoms with Gasteiger partial charge in [-0.3, -0.25) is 0 Å². The Kier molecular flexibility index (Phi) is 5.05. The van der Waals surface area contributed by atoms with Crippen molar-refractivity contribution in [2.75, 3.05) is 4.90 Å². The van der Waals surface area contributed by atoms with E-state index < -0.39 is 0 Å². The largest absolute Gasteiger partial charge is 0.458 e. The zero-order valence-corrected chi connectivity index (χ0v) is 24.1. The van der Waals surface area contributed by atoms with Gasteiger partial charge in [0.05, 0.1) is 0 Å². The molecule has 5 heteroatoms. The van der Waals surface area contributed by atoms with E-state index in [1.165, 1.54) is 0 Å². The predicted octanol–water partition coefficient (Wildman–Crippen LogP) is 8.94. The van der Waals surface area contributed by atoms with E-state index in [1.807, 2.05) is 42.5 Å². The fraction of sp³-hybridized carbons (Fsp3) is 0. The maximum Gasteiger partial charge on any atom is 0.260 e. The molecular weight excluding hydrogens is 553 g/mol. The number of ether oxygens (including phenoxy) is 2. The number of fused-ring (bicyclic) bond motifs is 8. The Labute approximate surface area is 259 Å². The van der Waals surface area contributed by atoms with Gasteiger partial charge >= 0.3 is 0 Å². The Morgan fingerprint density at radius 2 is 1.07 bits per heavy atom. The summed E-state index contributed by atoms with van der Waals surface area (Å²) in [5, 5.41) is 4.39. The van der Waals surface area contributed by atoms with Crippen molar-refractivity contribution in [3.63, 3.8) is 0 Å². The van der Waals surface area contributed by atoms with Crippen molar-refractivity contribution in [1.29, 1.82) is 0 Å². The molecule has 0 amide bonds. The fourth-order valence-electron chi connectivity index (χ4n) is 7.12. The highest BCUT2D eigenvalue weighted by Crippen LogP contribution is 2.40. The van der Waals surface area contributed by atoms with Crippen molar-refractivity contribution >= 4 is 72.9 Å². The van der Waals surface area contributed by atoms with Gasteiger partial charge in [0, 0.05) is 33.3 Å². The van der Waals surface area contributed by atoms with Crippen LogP contribution >= 0.6 is 0 Å². The molecule has 7 aromatic carbocycles. The van der Waals surface area contributed by atoms with E-state index in [0.717, 1.165) is 89.2 Å². The first kappa shape index (κ1) is 24.5. The van der Waals surface area contributed by atoms with Gasteiger partial charge in [0.1, 0.15) is 34.2 Å². The lowest BCUT2D eigenvalue weighted by molar-refractivity contribution is 0.465. The van der Waals surface area contributed by atoms with Crippen molar-refractivity contribution in [3.05, 3.63) is 146 Å². The lowest BCUT2D eigenvalue weighted by Gasteiger charge is -2.32. The summed E-state index contributed by atoms with van der Waals surface area (Å²) >= 11 is 0. The second kappa shape index (κ2) is 9.28. The molecule has 4 nitrogen and oxygen atoms in total. The summed E-state index contributed by atoms with van der Waals surface area (Å²) in [6, 6.07) is 50.6. The molecule has 2 aliphatic rings. The van der Waals surface area contributed by atoms with Gasteiger partial charge in [0.15, 0.2) is 0 Å². The van der Waals surface area contributed by atoms with Crippen LogP contribution in [-0.2, 0) is 0 Å². The highest BCUT2D eigenvalue weighted by molar-refractivity contribution is 6.98.